The summed E-state index contributed by atoms with van der Waals surface area (Å²) in [5.74, 6) is 0. The Hall–Kier alpha value is -0.840. The maximum absolute atomic E-state index is 6.22. The first-order chi connectivity index (χ1) is 16.3. The SMILES string of the molecule is CC(C)(C)c1ccc(C(C)(C)C)c(N2CCN(c3cc(C(C)(C)C)ccc3C(C)(C)C)C2=S)c1.[Cl][Au]. The van der Waals surface area contributed by atoms with Gasteiger partial charge in [0.25, 0.3) is 0 Å². The molecule has 0 aromatic heterocycles. The van der Waals surface area contributed by atoms with Crippen molar-refractivity contribution in [1.29, 1.82) is 0 Å². The van der Waals surface area contributed by atoms with Crippen molar-refractivity contribution < 1.29 is 20.0 Å². The molecule has 1 saturated heterocycles. The molecule has 5 heteroatoms. The fraction of sp³-hybridized carbons (Fsp3) is 0.581. The minimum atomic E-state index is 0.0392. The molecule has 2 aromatic carbocycles. The Labute approximate surface area is 242 Å². The number of hydrogen-bond donors (Lipinski definition) is 0. The predicted octanol–water partition coefficient (Wildman–Crippen LogP) is 9.18. The topological polar surface area (TPSA) is 6.48 Å². The Kier molecular flexibility index (Phi) is 9.68. The zero-order chi connectivity index (χ0) is 27.9. The number of rotatable bonds is 2. The molecule has 0 spiro atoms. The zero-order valence-electron chi connectivity index (χ0n) is 24.4. The van der Waals surface area contributed by atoms with Crippen LogP contribution in [0.15, 0.2) is 36.4 Å². The number of benzene rings is 2. The van der Waals surface area contributed by atoms with E-state index >= 15 is 0 Å². The summed E-state index contributed by atoms with van der Waals surface area (Å²) < 4.78 is 0. The number of nitrogens with zero attached hydrogens (tertiary/aromatic N) is 2. The van der Waals surface area contributed by atoms with E-state index in [2.05, 4.69) is 138 Å². The molecule has 0 aliphatic carbocycles. The molecule has 0 unspecified atom stereocenters. The van der Waals surface area contributed by atoms with Crippen LogP contribution in [0.25, 0.3) is 0 Å². The van der Waals surface area contributed by atoms with Crippen LogP contribution in [-0.4, -0.2) is 18.2 Å². The molecule has 0 saturated carbocycles. The van der Waals surface area contributed by atoms with E-state index in [0.717, 1.165) is 18.2 Å². The Bertz CT molecular complexity index is 996. The Morgan fingerprint density at radius 1 is 0.583 bits per heavy atom. The summed E-state index contributed by atoms with van der Waals surface area (Å²) in [5.41, 5.74) is 8.18. The van der Waals surface area contributed by atoms with E-state index in [9.17, 15) is 0 Å². The van der Waals surface area contributed by atoms with Gasteiger partial charge in [0.05, 0.1) is 0 Å². The molecular weight excluding hydrogens is 665 g/mol. The van der Waals surface area contributed by atoms with Gasteiger partial charge in [0.2, 0.25) is 0 Å². The first-order valence-electron chi connectivity index (χ1n) is 12.8. The third-order valence-corrected chi connectivity index (χ3v) is 7.37. The fourth-order valence-electron chi connectivity index (χ4n) is 4.70. The van der Waals surface area contributed by atoms with Crippen LogP contribution in [0.3, 0.4) is 0 Å². The molecule has 3 rings (SSSR count). The molecule has 0 bridgehead atoms. The molecule has 2 nitrogen and oxygen atoms in total. The van der Waals surface area contributed by atoms with Gasteiger partial charge in [0.1, 0.15) is 0 Å². The number of anilines is 2. The second-order valence-corrected chi connectivity index (χ2v) is 14.4. The second kappa shape index (κ2) is 11.1. The molecule has 1 heterocycles. The van der Waals surface area contributed by atoms with Gasteiger partial charge in [-0.25, -0.2) is 0 Å². The molecular formula is C31H46AuClN2S. The molecule has 1 fully saturated rings. The van der Waals surface area contributed by atoms with Crippen molar-refractivity contribution >= 4 is 37.9 Å². The van der Waals surface area contributed by atoms with Crippen molar-refractivity contribution in [1.82, 2.24) is 0 Å². The minimum absolute atomic E-state index is 0.0392. The van der Waals surface area contributed by atoms with E-state index < -0.39 is 0 Å². The molecule has 0 N–H and O–H groups in total. The van der Waals surface area contributed by atoms with E-state index in [4.69, 9.17) is 12.2 Å². The molecule has 1 aliphatic heterocycles. The van der Waals surface area contributed by atoms with Gasteiger partial charge in [-0.05, 0) is 68.3 Å². The van der Waals surface area contributed by atoms with Gasteiger partial charge >= 0.3 is 29.2 Å². The fourth-order valence-corrected chi connectivity index (χ4v) is 5.07. The van der Waals surface area contributed by atoms with Gasteiger partial charge in [-0.2, -0.15) is 0 Å². The number of halogens is 1. The Morgan fingerprint density at radius 3 is 1.14 bits per heavy atom. The quantitative estimate of drug-likeness (QED) is 0.227. The average molecular weight is 711 g/mol. The van der Waals surface area contributed by atoms with Crippen LogP contribution >= 0.6 is 21.4 Å². The van der Waals surface area contributed by atoms with Crippen molar-refractivity contribution in [2.24, 2.45) is 0 Å². The number of thiocarbonyl (C=S) groups is 1. The normalized spacial score (nSPS) is 15.2. The van der Waals surface area contributed by atoms with Crippen LogP contribution < -0.4 is 9.80 Å². The van der Waals surface area contributed by atoms with E-state index in [0.29, 0.717) is 0 Å². The predicted molar refractivity (Wildman–Crippen MR) is 161 cm³/mol. The Balaban J connectivity index is 0.00000222. The van der Waals surface area contributed by atoms with E-state index in [-0.39, 0.29) is 21.7 Å². The number of hydrogen-bond acceptors (Lipinski definition) is 1. The average Bonchev–Trinajstić information content (AvgIpc) is 3.13. The van der Waals surface area contributed by atoms with Crippen molar-refractivity contribution in [3.63, 3.8) is 0 Å². The molecule has 204 valence electrons. The third kappa shape index (κ3) is 6.97. The van der Waals surface area contributed by atoms with E-state index in [1.807, 2.05) is 0 Å². The van der Waals surface area contributed by atoms with E-state index in [1.54, 1.807) is 20.0 Å². The van der Waals surface area contributed by atoms with Crippen LogP contribution in [0.5, 0.6) is 0 Å². The molecule has 0 amide bonds. The van der Waals surface area contributed by atoms with Gasteiger partial charge < -0.3 is 9.80 Å². The standard InChI is InChI=1S/C31H46N2S.Au.ClH/c1-28(2,3)21-13-15-23(30(7,8)9)25(19-21)32-17-18-33(27(32)34)26-20-22(29(4,5)6)14-16-24(26)31(10,11)12;;/h13-16,19-20H,17-18H2,1-12H3;;1H/q;+1;/p-1. The van der Waals surface area contributed by atoms with Gasteiger partial charge in [-0.1, -0.05) is 107 Å². The van der Waals surface area contributed by atoms with Gasteiger partial charge in [0, 0.05) is 24.5 Å². The zero-order valence-corrected chi connectivity index (χ0v) is 28.1. The molecule has 36 heavy (non-hydrogen) atoms. The van der Waals surface area contributed by atoms with Crippen molar-refractivity contribution in [3.05, 3.63) is 58.7 Å². The summed E-state index contributed by atoms with van der Waals surface area (Å²) in [6.07, 6.45) is 0. The second-order valence-electron chi connectivity index (χ2n) is 14.0. The summed E-state index contributed by atoms with van der Waals surface area (Å²) in [7, 11) is 4.58. The molecule has 0 atom stereocenters. The van der Waals surface area contributed by atoms with Gasteiger partial charge in [-0.3, -0.25) is 0 Å². The first kappa shape index (κ1) is 31.4. The van der Waals surface area contributed by atoms with Crippen molar-refractivity contribution in [2.75, 3.05) is 22.9 Å². The van der Waals surface area contributed by atoms with E-state index in [1.165, 1.54) is 33.6 Å². The van der Waals surface area contributed by atoms with Crippen LogP contribution in [-0.2, 0) is 41.6 Å². The van der Waals surface area contributed by atoms with Crippen LogP contribution in [0, 0.1) is 0 Å². The van der Waals surface area contributed by atoms with Gasteiger partial charge in [0.15, 0.2) is 5.11 Å². The summed E-state index contributed by atoms with van der Waals surface area (Å²) in [5, 5.41) is 0.910. The first-order valence-corrected chi connectivity index (χ1v) is 15.9. The third-order valence-electron chi connectivity index (χ3n) is 6.93. The summed E-state index contributed by atoms with van der Waals surface area (Å²) in [4.78, 5) is 4.75. The summed E-state index contributed by atoms with van der Waals surface area (Å²) in [6, 6.07) is 14.0. The van der Waals surface area contributed by atoms with Crippen LogP contribution in [0.1, 0.15) is 105 Å². The molecule has 0 radical (unpaired) electrons. The van der Waals surface area contributed by atoms with Crippen LogP contribution in [0.4, 0.5) is 11.4 Å². The molecule has 1 aliphatic rings. The summed E-state index contributed by atoms with van der Waals surface area (Å²) in [6.45, 7) is 29.3. The summed E-state index contributed by atoms with van der Waals surface area (Å²) >= 11 is 7.97. The van der Waals surface area contributed by atoms with Gasteiger partial charge in [-0.15, -0.1) is 0 Å². The Morgan fingerprint density at radius 2 is 0.889 bits per heavy atom. The van der Waals surface area contributed by atoms with Crippen molar-refractivity contribution in [3.8, 4) is 0 Å². The molecule has 2 aromatic rings. The maximum atomic E-state index is 6.22. The van der Waals surface area contributed by atoms with Crippen molar-refractivity contribution in [2.45, 2.75) is 105 Å². The van der Waals surface area contributed by atoms with Crippen LogP contribution in [0.2, 0.25) is 0 Å². The monoisotopic (exact) mass is 710 g/mol.